The van der Waals surface area contributed by atoms with Crippen LogP contribution in [-0.2, 0) is 0 Å². The van der Waals surface area contributed by atoms with Gasteiger partial charge in [0.2, 0.25) is 0 Å². The molecule has 3 aromatic rings. The minimum Gasteiger partial charge on any atom is -0.497 e. The van der Waals surface area contributed by atoms with E-state index in [0.29, 0.717) is 34.1 Å². The molecule has 1 aliphatic rings. The van der Waals surface area contributed by atoms with Gasteiger partial charge in [0.25, 0.3) is 5.91 Å². The number of hydrogen-bond donors (Lipinski definition) is 3. The second-order valence-electron chi connectivity index (χ2n) is 8.25. The smallest absolute Gasteiger partial charge is 0.323 e. The van der Waals surface area contributed by atoms with Crippen LogP contribution in [0.25, 0.3) is 0 Å². The van der Waals surface area contributed by atoms with Crippen LogP contribution in [0.5, 0.6) is 11.5 Å². The van der Waals surface area contributed by atoms with Crippen LogP contribution in [-0.4, -0.2) is 39.2 Å². The van der Waals surface area contributed by atoms with Crippen molar-refractivity contribution in [3.8, 4) is 11.5 Å². The van der Waals surface area contributed by atoms with E-state index in [1.165, 1.54) is 13.5 Å². The van der Waals surface area contributed by atoms with Gasteiger partial charge in [0.1, 0.15) is 11.5 Å². The van der Waals surface area contributed by atoms with Crippen molar-refractivity contribution in [1.29, 1.82) is 0 Å². The molecule has 1 fully saturated rings. The number of carbonyl (C=O) groups excluding carboxylic acids is 2. The van der Waals surface area contributed by atoms with Gasteiger partial charge in [-0.1, -0.05) is 18.2 Å². The molecule has 1 aliphatic heterocycles. The van der Waals surface area contributed by atoms with Gasteiger partial charge >= 0.3 is 6.03 Å². The maximum Gasteiger partial charge on any atom is 0.323 e. The van der Waals surface area contributed by atoms with Crippen LogP contribution < -0.4 is 30.3 Å². The van der Waals surface area contributed by atoms with Crippen molar-refractivity contribution in [2.45, 2.75) is 19.3 Å². The summed E-state index contributed by atoms with van der Waals surface area (Å²) >= 11 is 0. The summed E-state index contributed by atoms with van der Waals surface area (Å²) in [5, 5.41) is 8.72. The van der Waals surface area contributed by atoms with Crippen molar-refractivity contribution in [3.05, 3.63) is 72.3 Å². The Labute approximate surface area is 205 Å². The van der Waals surface area contributed by atoms with E-state index >= 15 is 0 Å². The van der Waals surface area contributed by atoms with Gasteiger partial charge in [-0.15, -0.1) is 0 Å². The molecule has 0 unspecified atom stereocenters. The van der Waals surface area contributed by atoms with Gasteiger partial charge in [0, 0.05) is 30.4 Å². The lowest BCUT2D eigenvalue weighted by molar-refractivity contribution is 0.102. The number of rotatable bonds is 7. The monoisotopic (exact) mass is 474 g/mol. The number of ether oxygens (including phenoxy) is 2. The average Bonchev–Trinajstić information content (AvgIpc) is 2.89. The van der Waals surface area contributed by atoms with E-state index in [1.54, 1.807) is 43.5 Å². The molecule has 1 heterocycles. The fourth-order valence-corrected chi connectivity index (χ4v) is 4.10. The van der Waals surface area contributed by atoms with Gasteiger partial charge < -0.3 is 30.3 Å². The van der Waals surface area contributed by atoms with Gasteiger partial charge in [-0.3, -0.25) is 4.79 Å². The second-order valence-corrected chi connectivity index (χ2v) is 8.25. The topological polar surface area (TPSA) is 91.9 Å². The largest absolute Gasteiger partial charge is 0.497 e. The number of nitrogens with one attached hydrogen (secondary N) is 3. The predicted octanol–water partition coefficient (Wildman–Crippen LogP) is 5.59. The molecule has 3 amide bonds. The summed E-state index contributed by atoms with van der Waals surface area (Å²) in [6, 6.07) is 19.3. The van der Waals surface area contributed by atoms with Crippen molar-refractivity contribution >= 4 is 34.7 Å². The number of carbonyl (C=O) groups is 2. The zero-order chi connectivity index (χ0) is 24.6. The molecule has 8 nitrogen and oxygen atoms in total. The maximum absolute atomic E-state index is 13.0. The third kappa shape index (κ3) is 6.03. The molecule has 0 atom stereocenters. The van der Waals surface area contributed by atoms with Crippen LogP contribution in [0, 0.1) is 0 Å². The standard InChI is InChI=1S/C27H30N4O4/c1-34-21-12-14-25(35-2)23(18-21)30-27(33)29-22-17-20(28-26(32)19-9-5-3-6-10-19)11-13-24(22)31-15-7-4-8-16-31/h3,5-6,9-14,17-18H,4,7-8,15-16H2,1-2H3,(H,28,32)(H2,29,30,33). The fraction of sp³-hybridized carbons (Fsp3) is 0.259. The zero-order valence-corrected chi connectivity index (χ0v) is 20.0. The molecule has 35 heavy (non-hydrogen) atoms. The molecule has 3 N–H and O–H groups in total. The maximum atomic E-state index is 13.0. The first-order chi connectivity index (χ1) is 17.1. The molecule has 3 aromatic carbocycles. The van der Waals surface area contributed by atoms with Crippen LogP contribution in [0.2, 0.25) is 0 Å². The van der Waals surface area contributed by atoms with Crippen LogP contribution in [0.15, 0.2) is 66.7 Å². The molecule has 0 aromatic heterocycles. The van der Waals surface area contributed by atoms with E-state index in [4.69, 9.17) is 9.47 Å². The van der Waals surface area contributed by atoms with Crippen molar-refractivity contribution in [2.24, 2.45) is 0 Å². The second kappa shape index (κ2) is 11.3. The third-order valence-electron chi connectivity index (χ3n) is 5.89. The lowest BCUT2D eigenvalue weighted by Gasteiger charge is -2.31. The predicted molar refractivity (Wildman–Crippen MR) is 139 cm³/mol. The van der Waals surface area contributed by atoms with Crippen LogP contribution in [0.4, 0.5) is 27.5 Å². The van der Waals surface area contributed by atoms with Gasteiger partial charge in [-0.25, -0.2) is 4.79 Å². The highest BCUT2D eigenvalue weighted by atomic mass is 16.5. The van der Waals surface area contributed by atoms with E-state index in [2.05, 4.69) is 20.9 Å². The number of amides is 3. The normalized spacial score (nSPS) is 13.0. The summed E-state index contributed by atoms with van der Waals surface area (Å²) in [7, 11) is 3.10. The number of anilines is 4. The molecule has 0 saturated carbocycles. The summed E-state index contributed by atoms with van der Waals surface area (Å²) < 4.78 is 10.6. The van der Waals surface area contributed by atoms with E-state index in [9.17, 15) is 9.59 Å². The highest BCUT2D eigenvalue weighted by molar-refractivity contribution is 6.06. The highest BCUT2D eigenvalue weighted by Crippen LogP contribution is 2.33. The van der Waals surface area contributed by atoms with Crippen LogP contribution >= 0.6 is 0 Å². The Kier molecular flexibility index (Phi) is 7.72. The van der Waals surface area contributed by atoms with Gasteiger partial charge in [-0.2, -0.15) is 0 Å². The van der Waals surface area contributed by atoms with E-state index in [0.717, 1.165) is 31.6 Å². The molecule has 8 heteroatoms. The van der Waals surface area contributed by atoms with Crippen LogP contribution in [0.1, 0.15) is 29.6 Å². The summed E-state index contributed by atoms with van der Waals surface area (Å²) in [4.78, 5) is 27.9. The first-order valence-corrected chi connectivity index (χ1v) is 11.6. The van der Waals surface area contributed by atoms with E-state index in [1.807, 2.05) is 30.3 Å². The Morgan fingerprint density at radius 3 is 2.23 bits per heavy atom. The third-order valence-corrected chi connectivity index (χ3v) is 5.89. The number of urea groups is 1. The molecular weight excluding hydrogens is 444 g/mol. The molecule has 1 saturated heterocycles. The van der Waals surface area contributed by atoms with E-state index < -0.39 is 6.03 Å². The Morgan fingerprint density at radius 1 is 0.771 bits per heavy atom. The van der Waals surface area contributed by atoms with Crippen LogP contribution in [0.3, 0.4) is 0 Å². The number of piperidine rings is 1. The number of hydrogen-bond acceptors (Lipinski definition) is 5. The average molecular weight is 475 g/mol. The minimum atomic E-state index is -0.429. The van der Waals surface area contributed by atoms with Crippen molar-refractivity contribution in [2.75, 3.05) is 48.2 Å². The number of methoxy groups -OCH3 is 2. The van der Waals surface area contributed by atoms with Gasteiger partial charge in [-0.05, 0) is 61.7 Å². The summed E-state index contributed by atoms with van der Waals surface area (Å²) in [6.07, 6.45) is 3.39. The summed E-state index contributed by atoms with van der Waals surface area (Å²) in [5.41, 5.74) is 3.16. The highest BCUT2D eigenvalue weighted by Gasteiger charge is 2.18. The lowest BCUT2D eigenvalue weighted by Crippen LogP contribution is -2.31. The first-order valence-electron chi connectivity index (χ1n) is 11.6. The minimum absolute atomic E-state index is 0.215. The van der Waals surface area contributed by atoms with Gasteiger partial charge in [0.15, 0.2) is 0 Å². The SMILES string of the molecule is COc1ccc(OC)c(NC(=O)Nc2cc(NC(=O)c3ccccc3)ccc2N2CCCCC2)c1. The Bertz CT molecular complexity index is 1180. The van der Waals surface area contributed by atoms with Crippen molar-refractivity contribution in [1.82, 2.24) is 0 Å². The summed E-state index contributed by atoms with van der Waals surface area (Å²) in [5.74, 6) is 0.898. The zero-order valence-electron chi connectivity index (χ0n) is 20.0. The molecule has 0 spiro atoms. The summed E-state index contributed by atoms with van der Waals surface area (Å²) in [6.45, 7) is 1.82. The van der Waals surface area contributed by atoms with Crippen molar-refractivity contribution < 1.29 is 19.1 Å². The Balaban J connectivity index is 1.57. The van der Waals surface area contributed by atoms with Crippen molar-refractivity contribution in [3.63, 3.8) is 0 Å². The van der Waals surface area contributed by atoms with Gasteiger partial charge in [0.05, 0.1) is 31.3 Å². The molecule has 0 radical (unpaired) electrons. The number of benzene rings is 3. The first kappa shape index (κ1) is 23.9. The molecular formula is C27H30N4O4. The number of nitrogens with zero attached hydrogens (tertiary/aromatic N) is 1. The van der Waals surface area contributed by atoms with E-state index in [-0.39, 0.29) is 5.91 Å². The molecule has 0 bridgehead atoms. The lowest BCUT2D eigenvalue weighted by atomic mass is 10.1. The molecule has 182 valence electrons. The quantitative estimate of drug-likeness (QED) is 0.415. The molecule has 0 aliphatic carbocycles. The molecule has 4 rings (SSSR count). The fourth-order valence-electron chi connectivity index (χ4n) is 4.10. The Hall–Kier alpha value is -4.20. The Morgan fingerprint density at radius 2 is 1.51 bits per heavy atom.